The number of rotatable bonds is 1. The predicted molar refractivity (Wildman–Crippen MR) is 71.3 cm³/mol. The number of benzene rings is 1. The minimum atomic E-state index is -0.543. The Morgan fingerprint density at radius 2 is 1.89 bits per heavy atom. The summed E-state index contributed by atoms with van der Waals surface area (Å²) in [7, 11) is 1.53. The molecule has 0 amide bonds. The van der Waals surface area contributed by atoms with Crippen LogP contribution in [0.5, 0.6) is 5.75 Å². The second-order valence-electron chi connectivity index (χ2n) is 3.81. The molecule has 0 saturated heterocycles. The van der Waals surface area contributed by atoms with Gasteiger partial charge < -0.3 is 14.7 Å². The molecule has 3 rings (SSSR count). The monoisotopic (exact) mass is 309 g/mol. The van der Waals surface area contributed by atoms with Crippen LogP contribution in [-0.2, 0) is 0 Å². The molecular formula is C11H8BrN3O3. The summed E-state index contributed by atoms with van der Waals surface area (Å²) >= 11 is 3.36. The Morgan fingerprint density at radius 3 is 2.61 bits per heavy atom. The van der Waals surface area contributed by atoms with Gasteiger partial charge in [-0.2, -0.15) is 0 Å². The van der Waals surface area contributed by atoms with Gasteiger partial charge in [0.15, 0.2) is 0 Å². The largest absolute Gasteiger partial charge is 0.496 e. The van der Waals surface area contributed by atoms with Crippen LogP contribution < -0.4 is 16.0 Å². The fraction of sp³-hybridized carbons (Fsp3) is 0.0909. The molecule has 0 atom stereocenters. The van der Waals surface area contributed by atoms with Crippen molar-refractivity contribution in [3.8, 4) is 5.75 Å². The molecule has 0 aliphatic heterocycles. The van der Waals surface area contributed by atoms with E-state index in [1.54, 1.807) is 6.07 Å². The summed E-state index contributed by atoms with van der Waals surface area (Å²) in [5.74, 6) is 0.576. The van der Waals surface area contributed by atoms with Gasteiger partial charge in [-0.15, -0.1) is 0 Å². The van der Waals surface area contributed by atoms with Crippen LogP contribution in [0.25, 0.3) is 21.9 Å². The number of methoxy groups -OCH3 is 1. The van der Waals surface area contributed by atoms with E-state index in [9.17, 15) is 9.59 Å². The van der Waals surface area contributed by atoms with Crippen molar-refractivity contribution in [2.24, 2.45) is 0 Å². The molecular weight excluding hydrogens is 302 g/mol. The highest BCUT2D eigenvalue weighted by molar-refractivity contribution is 9.10. The summed E-state index contributed by atoms with van der Waals surface area (Å²) in [6.45, 7) is 0. The maximum Gasteiger partial charge on any atom is 0.326 e. The second kappa shape index (κ2) is 3.74. The molecule has 0 spiro atoms. The maximum atomic E-state index is 11.7. The number of hydrogen-bond donors (Lipinski definition) is 3. The number of aromatic amines is 3. The van der Waals surface area contributed by atoms with Crippen LogP contribution in [0.4, 0.5) is 0 Å². The predicted octanol–water partition coefficient (Wildman–Crippen LogP) is 1.47. The first-order valence-corrected chi connectivity index (χ1v) is 5.91. The Balaban J connectivity index is 2.65. The van der Waals surface area contributed by atoms with Crippen LogP contribution in [-0.4, -0.2) is 22.1 Å². The lowest BCUT2D eigenvalue weighted by Gasteiger charge is -2.02. The Bertz CT molecular complexity index is 875. The highest BCUT2D eigenvalue weighted by Crippen LogP contribution is 2.33. The molecule has 18 heavy (non-hydrogen) atoms. The number of halogens is 1. The van der Waals surface area contributed by atoms with Crippen molar-refractivity contribution in [1.29, 1.82) is 0 Å². The number of ether oxygens (including phenoxy) is 1. The topological polar surface area (TPSA) is 90.7 Å². The molecule has 0 radical (unpaired) electrons. The van der Waals surface area contributed by atoms with Gasteiger partial charge in [0.1, 0.15) is 11.3 Å². The van der Waals surface area contributed by atoms with E-state index < -0.39 is 11.2 Å². The van der Waals surface area contributed by atoms with Crippen LogP contribution in [0.2, 0.25) is 0 Å². The van der Waals surface area contributed by atoms with Gasteiger partial charge in [0.05, 0.1) is 23.5 Å². The van der Waals surface area contributed by atoms with Crippen molar-refractivity contribution in [1.82, 2.24) is 15.0 Å². The summed E-state index contributed by atoms with van der Waals surface area (Å²) in [6, 6.07) is 3.59. The van der Waals surface area contributed by atoms with E-state index in [1.807, 2.05) is 6.07 Å². The summed E-state index contributed by atoms with van der Waals surface area (Å²) in [5, 5.41) is 0.680. The number of nitrogens with one attached hydrogen (secondary N) is 3. The van der Waals surface area contributed by atoms with Crippen molar-refractivity contribution in [2.45, 2.75) is 0 Å². The molecule has 0 aliphatic rings. The Morgan fingerprint density at radius 1 is 1.11 bits per heavy atom. The van der Waals surface area contributed by atoms with Crippen LogP contribution in [0.15, 0.2) is 26.2 Å². The summed E-state index contributed by atoms with van der Waals surface area (Å²) in [5.41, 5.74) is 0.481. The van der Waals surface area contributed by atoms with Crippen molar-refractivity contribution in [3.63, 3.8) is 0 Å². The fourth-order valence-corrected chi connectivity index (χ4v) is 2.46. The Kier molecular flexibility index (Phi) is 2.30. The van der Waals surface area contributed by atoms with Crippen molar-refractivity contribution in [3.05, 3.63) is 37.4 Å². The van der Waals surface area contributed by atoms with E-state index >= 15 is 0 Å². The molecule has 0 aliphatic carbocycles. The molecule has 0 fully saturated rings. The molecule has 2 heterocycles. The highest BCUT2D eigenvalue weighted by Gasteiger charge is 2.13. The van der Waals surface area contributed by atoms with Gasteiger partial charge in [0.25, 0.3) is 5.56 Å². The quantitative estimate of drug-likeness (QED) is 0.635. The number of H-pyrrole nitrogens is 3. The van der Waals surface area contributed by atoms with Crippen LogP contribution >= 0.6 is 15.9 Å². The zero-order chi connectivity index (χ0) is 12.9. The third-order valence-corrected chi connectivity index (χ3v) is 3.20. The Hall–Kier alpha value is -2.02. The molecule has 0 bridgehead atoms. The Labute approximate surface area is 108 Å². The lowest BCUT2D eigenvalue weighted by Crippen LogP contribution is -2.21. The summed E-state index contributed by atoms with van der Waals surface area (Å²) in [6.07, 6.45) is 0. The molecule has 3 N–H and O–H groups in total. The lowest BCUT2D eigenvalue weighted by molar-refractivity contribution is 0.420. The van der Waals surface area contributed by atoms with Gasteiger partial charge >= 0.3 is 5.69 Å². The second-order valence-corrected chi connectivity index (χ2v) is 4.73. The smallest absolute Gasteiger partial charge is 0.326 e. The third-order valence-electron chi connectivity index (χ3n) is 2.74. The van der Waals surface area contributed by atoms with E-state index in [-0.39, 0.29) is 0 Å². The summed E-state index contributed by atoms with van der Waals surface area (Å²) in [4.78, 5) is 30.8. The zero-order valence-corrected chi connectivity index (χ0v) is 10.8. The average molecular weight is 310 g/mol. The van der Waals surface area contributed by atoms with E-state index in [1.165, 1.54) is 7.11 Å². The standard InChI is InChI=1S/C11H8BrN3O3/c1-18-6-3-4(12)2-5-7(6)8-9(13-5)10(16)15-11(17)14-8/h2-3,13H,1H3,(H2,14,15,16,17). The average Bonchev–Trinajstić information content (AvgIpc) is 2.66. The van der Waals surface area contributed by atoms with Crippen LogP contribution in [0.3, 0.4) is 0 Å². The summed E-state index contributed by atoms with van der Waals surface area (Å²) < 4.78 is 6.09. The first-order valence-electron chi connectivity index (χ1n) is 5.11. The van der Waals surface area contributed by atoms with Gasteiger partial charge in [-0.3, -0.25) is 9.78 Å². The maximum absolute atomic E-state index is 11.7. The van der Waals surface area contributed by atoms with Crippen molar-refractivity contribution in [2.75, 3.05) is 7.11 Å². The number of fused-ring (bicyclic) bond motifs is 3. The van der Waals surface area contributed by atoms with E-state index in [4.69, 9.17) is 4.74 Å². The minimum absolute atomic E-state index is 0.320. The van der Waals surface area contributed by atoms with Crippen LogP contribution in [0, 0.1) is 0 Å². The van der Waals surface area contributed by atoms with Gasteiger partial charge in [-0.1, -0.05) is 15.9 Å². The fourth-order valence-electron chi connectivity index (χ4n) is 2.03. The normalized spacial score (nSPS) is 11.2. The molecule has 0 saturated carbocycles. The van der Waals surface area contributed by atoms with E-state index in [2.05, 4.69) is 30.9 Å². The van der Waals surface area contributed by atoms with Gasteiger partial charge in [-0.05, 0) is 12.1 Å². The molecule has 1 aromatic carbocycles. The van der Waals surface area contributed by atoms with Crippen LogP contribution in [0.1, 0.15) is 0 Å². The lowest BCUT2D eigenvalue weighted by atomic mass is 10.2. The first kappa shape index (κ1) is 11.1. The van der Waals surface area contributed by atoms with Crippen molar-refractivity contribution < 1.29 is 4.74 Å². The molecule has 2 aromatic heterocycles. The van der Waals surface area contributed by atoms with E-state index in [0.717, 1.165) is 4.47 Å². The third kappa shape index (κ3) is 1.47. The molecule has 7 heteroatoms. The SMILES string of the molecule is COc1cc(Br)cc2[nH]c3c(=O)[nH]c(=O)[nH]c3c12. The number of aromatic nitrogens is 3. The minimum Gasteiger partial charge on any atom is -0.496 e. The first-order chi connectivity index (χ1) is 8.60. The van der Waals surface area contributed by atoms with Gasteiger partial charge in [0.2, 0.25) is 0 Å². The zero-order valence-electron chi connectivity index (χ0n) is 9.26. The molecule has 3 aromatic rings. The van der Waals surface area contributed by atoms with Gasteiger partial charge in [0, 0.05) is 4.47 Å². The highest BCUT2D eigenvalue weighted by atomic mass is 79.9. The van der Waals surface area contributed by atoms with Crippen molar-refractivity contribution >= 4 is 37.9 Å². The molecule has 0 unspecified atom stereocenters. The number of hydrogen-bond acceptors (Lipinski definition) is 3. The molecule has 6 nitrogen and oxygen atoms in total. The molecule has 92 valence electrons. The van der Waals surface area contributed by atoms with Gasteiger partial charge in [-0.25, -0.2) is 4.79 Å². The van der Waals surface area contributed by atoms with E-state index in [0.29, 0.717) is 27.7 Å².